The monoisotopic (exact) mass is 382 g/mol. The summed E-state index contributed by atoms with van der Waals surface area (Å²) < 4.78 is 11.5. The van der Waals surface area contributed by atoms with Crippen LogP contribution in [-0.2, 0) is 13.0 Å². The van der Waals surface area contributed by atoms with Crippen molar-refractivity contribution < 1.29 is 9.15 Å². The molecule has 4 aromatic rings. The van der Waals surface area contributed by atoms with Crippen LogP contribution in [-0.4, -0.2) is 0 Å². The van der Waals surface area contributed by atoms with Gasteiger partial charge in [-0.05, 0) is 41.3 Å². The molecule has 0 spiro atoms. The molecule has 0 radical (unpaired) electrons. The summed E-state index contributed by atoms with van der Waals surface area (Å²) >= 11 is 0. The van der Waals surface area contributed by atoms with Crippen molar-refractivity contribution >= 4 is 17.0 Å². The average molecular weight is 382 g/mol. The fraction of sp³-hybridized carbons (Fsp3) is 0.115. The van der Waals surface area contributed by atoms with Gasteiger partial charge >= 0.3 is 5.63 Å². The number of aryl methyl sites for hydroxylation is 1. The van der Waals surface area contributed by atoms with E-state index in [1.807, 2.05) is 79.7 Å². The van der Waals surface area contributed by atoms with Crippen molar-refractivity contribution in [2.75, 3.05) is 0 Å². The zero-order valence-corrected chi connectivity index (χ0v) is 16.4. The second kappa shape index (κ2) is 8.19. The zero-order chi connectivity index (χ0) is 20.2. The third-order valence-electron chi connectivity index (χ3n) is 5.10. The maximum Gasteiger partial charge on any atom is 0.340 e. The predicted molar refractivity (Wildman–Crippen MR) is 117 cm³/mol. The molecule has 0 amide bonds. The molecule has 0 saturated carbocycles. The molecule has 0 atom stereocenters. The van der Waals surface area contributed by atoms with E-state index >= 15 is 0 Å². The first kappa shape index (κ1) is 18.8. The molecule has 29 heavy (non-hydrogen) atoms. The van der Waals surface area contributed by atoms with Crippen LogP contribution in [0.1, 0.15) is 27.8 Å². The topological polar surface area (TPSA) is 39.4 Å². The summed E-state index contributed by atoms with van der Waals surface area (Å²) in [6, 6.07) is 23.6. The van der Waals surface area contributed by atoms with Crippen molar-refractivity contribution in [2.24, 2.45) is 0 Å². The van der Waals surface area contributed by atoms with Gasteiger partial charge in [-0.25, -0.2) is 4.79 Å². The molecule has 4 rings (SSSR count). The Morgan fingerprint density at radius 2 is 1.72 bits per heavy atom. The van der Waals surface area contributed by atoms with Crippen LogP contribution in [0, 0.1) is 6.92 Å². The highest BCUT2D eigenvalue weighted by Gasteiger charge is 2.13. The van der Waals surface area contributed by atoms with Crippen molar-refractivity contribution in [3.05, 3.63) is 118 Å². The van der Waals surface area contributed by atoms with Crippen molar-refractivity contribution in [3.63, 3.8) is 0 Å². The lowest BCUT2D eigenvalue weighted by Gasteiger charge is -2.10. The summed E-state index contributed by atoms with van der Waals surface area (Å²) in [5.74, 6) is 0.670. The van der Waals surface area contributed by atoms with Gasteiger partial charge in [0.05, 0.1) is 0 Å². The molecule has 1 heterocycles. The number of rotatable bonds is 6. The lowest BCUT2D eigenvalue weighted by Crippen LogP contribution is -2.11. The normalized spacial score (nSPS) is 10.8. The molecule has 3 aromatic carbocycles. The molecule has 0 saturated heterocycles. The van der Waals surface area contributed by atoms with Gasteiger partial charge in [-0.3, -0.25) is 0 Å². The number of hydrogen-bond acceptors (Lipinski definition) is 3. The Kier molecular flexibility index (Phi) is 5.30. The maximum absolute atomic E-state index is 12.6. The molecular formula is C26H22O3. The third kappa shape index (κ3) is 4.14. The molecule has 0 fully saturated rings. The predicted octanol–water partition coefficient (Wildman–Crippen LogP) is 5.91. The number of ether oxygens (including phenoxy) is 1. The highest BCUT2D eigenvalue weighted by atomic mass is 16.5. The first-order valence-electron chi connectivity index (χ1n) is 9.58. The van der Waals surface area contributed by atoms with Crippen LogP contribution in [0.2, 0.25) is 0 Å². The Morgan fingerprint density at radius 1 is 0.966 bits per heavy atom. The van der Waals surface area contributed by atoms with Crippen LogP contribution >= 0.6 is 0 Å². The van der Waals surface area contributed by atoms with E-state index in [9.17, 15) is 4.79 Å². The maximum atomic E-state index is 12.6. The van der Waals surface area contributed by atoms with Gasteiger partial charge in [0.25, 0.3) is 0 Å². The minimum Gasteiger partial charge on any atom is -0.489 e. The van der Waals surface area contributed by atoms with Crippen LogP contribution in [0.4, 0.5) is 0 Å². The Bertz CT molecular complexity index is 1200. The first-order valence-corrected chi connectivity index (χ1v) is 9.58. The molecule has 0 unspecified atom stereocenters. The standard InChI is InChI=1S/C26H22O3/c1-3-19-9-11-21(12-10-19)17-28-22-13-14-23-18(2)24(26(27)29-25(23)16-22)15-20-7-5-4-6-8-20/h3-14,16H,1,15,17H2,2H3. The fourth-order valence-corrected chi connectivity index (χ4v) is 3.39. The van der Waals surface area contributed by atoms with Gasteiger partial charge in [-0.1, -0.05) is 67.3 Å². The molecule has 144 valence electrons. The van der Waals surface area contributed by atoms with Crippen molar-refractivity contribution in [2.45, 2.75) is 20.0 Å². The number of fused-ring (bicyclic) bond motifs is 1. The van der Waals surface area contributed by atoms with Gasteiger partial charge in [-0.15, -0.1) is 0 Å². The zero-order valence-electron chi connectivity index (χ0n) is 16.4. The highest BCUT2D eigenvalue weighted by Crippen LogP contribution is 2.25. The Labute approximate surface area is 169 Å². The molecular weight excluding hydrogens is 360 g/mol. The molecule has 0 aliphatic heterocycles. The summed E-state index contributed by atoms with van der Waals surface area (Å²) in [5, 5.41) is 0.929. The van der Waals surface area contributed by atoms with Gasteiger partial charge in [0.15, 0.2) is 0 Å². The van der Waals surface area contributed by atoms with Gasteiger partial charge in [-0.2, -0.15) is 0 Å². The summed E-state index contributed by atoms with van der Waals surface area (Å²) in [5.41, 5.74) is 5.12. The van der Waals surface area contributed by atoms with Crippen LogP contribution in [0.3, 0.4) is 0 Å². The lowest BCUT2D eigenvalue weighted by molar-refractivity contribution is 0.306. The Balaban J connectivity index is 1.58. The van der Waals surface area contributed by atoms with E-state index in [-0.39, 0.29) is 5.63 Å². The van der Waals surface area contributed by atoms with Crippen LogP contribution in [0.25, 0.3) is 17.0 Å². The molecule has 0 bridgehead atoms. The fourth-order valence-electron chi connectivity index (χ4n) is 3.39. The van der Waals surface area contributed by atoms with Crippen molar-refractivity contribution in [3.8, 4) is 5.75 Å². The van der Waals surface area contributed by atoms with Gasteiger partial charge < -0.3 is 9.15 Å². The number of benzene rings is 3. The van der Waals surface area contributed by atoms with E-state index in [0.29, 0.717) is 29.9 Å². The van der Waals surface area contributed by atoms with Crippen molar-refractivity contribution in [1.29, 1.82) is 0 Å². The largest absolute Gasteiger partial charge is 0.489 e. The third-order valence-corrected chi connectivity index (χ3v) is 5.10. The van der Waals surface area contributed by atoms with Gasteiger partial charge in [0, 0.05) is 23.4 Å². The van der Waals surface area contributed by atoms with Crippen LogP contribution in [0.5, 0.6) is 5.75 Å². The van der Waals surface area contributed by atoms with Crippen LogP contribution in [0.15, 0.2) is 88.6 Å². The van der Waals surface area contributed by atoms with E-state index in [4.69, 9.17) is 9.15 Å². The molecule has 0 aliphatic carbocycles. The van der Waals surface area contributed by atoms with E-state index in [2.05, 4.69) is 6.58 Å². The summed E-state index contributed by atoms with van der Waals surface area (Å²) in [7, 11) is 0. The highest BCUT2D eigenvalue weighted by molar-refractivity contribution is 5.82. The molecule has 3 heteroatoms. The summed E-state index contributed by atoms with van der Waals surface area (Å²) in [4.78, 5) is 12.6. The molecule has 1 aromatic heterocycles. The van der Waals surface area contributed by atoms with E-state index in [1.165, 1.54) is 0 Å². The average Bonchev–Trinajstić information content (AvgIpc) is 2.76. The molecule has 0 aliphatic rings. The first-order chi connectivity index (χ1) is 14.1. The summed E-state index contributed by atoms with van der Waals surface area (Å²) in [6.45, 7) is 6.17. The second-order valence-electron chi connectivity index (χ2n) is 7.05. The Hall–Kier alpha value is -3.59. The van der Waals surface area contributed by atoms with E-state index in [0.717, 1.165) is 27.6 Å². The molecule has 3 nitrogen and oxygen atoms in total. The molecule has 0 N–H and O–H groups in total. The minimum atomic E-state index is -0.295. The van der Waals surface area contributed by atoms with Crippen molar-refractivity contribution in [1.82, 2.24) is 0 Å². The van der Waals surface area contributed by atoms with Gasteiger partial charge in [0.2, 0.25) is 0 Å². The Morgan fingerprint density at radius 3 is 2.45 bits per heavy atom. The summed E-state index contributed by atoms with van der Waals surface area (Å²) in [6.07, 6.45) is 2.37. The smallest absolute Gasteiger partial charge is 0.340 e. The second-order valence-corrected chi connectivity index (χ2v) is 7.05. The quantitative estimate of drug-likeness (QED) is 0.389. The number of hydrogen-bond donors (Lipinski definition) is 0. The lowest BCUT2D eigenvalue weighted by atomic mass is 10.00. The van der Waals surface area contributed by atoms with Crippen LogP contribution < -0.4 is 10.4 Å². The van der Waals surface area contributed by atoms with Gasteiger partial charge in [0.1, 0.15) is 17.9 Å². The van der Waals surface area contributed by atoms with E-state index < -0.39 is 0 Å². The van der Waals surface area contributed by atoms with E-state index in [1.54, 1.807) is 6.07 Å². The SMILES string of the molecule is C=Cc1ccc(COc2ccc3c(C)c(Cc4ccccc4)c(=O)oc3c2)cc1. The minimum absolute atomic E-state index is 0.295.